The summed E-state index contributed by atoms with van der Waals surface area (Å²) in [5.41, 5.74) is 2.35. The van der Waals surface area contributed by atoms with Crippen LogP contribution in [0.25, 0.3) is 11.1 Å². The second-order valence-electron chi connectivity index (χ2n) is 5.59. The third kappa shape index (κ3) is 3.42. The van der Waals surface area contributed by atoms with E-state index in [-0.39, 0.29) is 5.91 Å². The van der Waals surface area contributed by atoms with Crippen molar-refractivity contribution in [2.75, 3.05) is 18.4 Å². The molecule has 1 aromatic carbocycles. The van der Waals surface area contributed by atoms with E-state index < -0.39 is 0 Å². The maximum Gasteiger partial charge on any atom is 0.224 e. The average molecular weight is 287 g/mol. The number of nitrogens with zero attached hydrogens (tertiary/aromatic N) is 1. The van der Waals surface area contributed by atoms with Gasteiger partial charge in [0, 0.05) is 18.5 Å². The Morgan fingerprint density at radius 3 is 3.19 bits per heavy atom. The summed E-state index contributed by atoms with van der Waals surface area (Å²) in [7, 11) is 0. The van der Waals surface area contributed by atoms with Crippen molar-refractivity contribution in [3.63, 3.8) is 0 Å². The molecule has 1 saturated heterocycles. The van der Waals surface area contributed by atoms with Gasteiger partial charge in [-0.25, -0.2) is 4.98 Å². The van der Waals surface area contributed by atoms with E-state index in [1.54, 1.807) is 0 Å². The maximum absolute atomic E-state index is 12.0. The van der Waals surface area contributed by atoms with Crippen molar-refractivity contribution in [3.8, 4) is 0 Å². The van der Waals surface area contributed by atoms with Crippen LogP contribution in [-0.4, -0.2) is 24.0 Å². The van der Waals surface area contributed by atoms with Gasteiger partial charge < -0.3 is 15.1 Å². The molecule has 2 aromatic rings. The Balaban J connectivity index is 1.59. The van der Waals surface area contributed by atoms with Crippen LogP contribution in [-0.2, 0) is 11.2 Å². The van der Waals surface area contributed by atoms with Crippen molar-refractivity contribution < 1.29 is 9.21 Å². The molecule has 1 unspecified atom stereocenters. The summed E-state index contributed by atoms with van der Waals surface area (Å²) in [6.07, 6.45) is 3.47. The van der Waals surface area contributed by atoms with Crippen LogP contribution in [0.2, 0.25) is 0 Å². The molecule has 5 nitrogen and oxygen atoms in total. The number of anilines is 1. The number of oxazole rings is 1. The van der Waals surface area contributed by atoms with Crippen LogP contribution < -0.4 is 10.6 Å². The molecule has 1 aliphatic heterocycles. The lowest BCUT2D eigenvalue weighted by molar-refractivity contribution is -0.116. The van der Waals surface area contributed by atoms with Crippen LogP contribution in [0.4, 0.5) is 5.69 Å². The van der Waals surface area contributed by atoms with Crippen LogP contribution in [0, 0.1) is 5.92 Å². The van der Waals surface area contributed by atoms with E-state index >= 15 is 0 Å². The number of hydrogen-bond donors (Lipinski definition) is 2. The normalized spacial score (nSPS) is 18.2. The summed E-state index contributed by atoms with van der Waals surface area (Å²) in [5.74, 6) is 1.43. The maximum atomic E-state index is 12.0. The first-order chi connectivity index (χ1) is 10.2. The third-order valence-corrected chi connectivity index (χ3v) is 3.96. The van der Waals surface area contributed by atoms with E-state index in [0.29, 0.717) is 12.3 Å². The summed E-state index contributed by atoms with van der Waals surface area (Å²) in [5, 5.41) is 6.27. The molecular formula is C16H21N3O2. The van der Waals surface area contributed by atoms with Gasteiger partial charge in [0.1, 0.15) is 5.52 Å². The van der Waals surface area contributed by atoms with Gasteiger partial charge in [0.15, 0.2) is 11.5 Å². The third-order valence-electron chi connectivity index (χ3n) is 3.96. The molecule has 2 heterocycles. The fourth-order valence-corrected chi connectivity index (χ4v) is 2.72. The molecule has 0 bridgehead atoms. The SMILES string of the molecule is CCc1nc2cc(NC(=O)CCC3CCNC3)ccc2o1. The Bertz CT molecular complexity index is 629. The smallest absolute Gasteiger partial charge is 0.224 e. The van der Waals surface area contributed by atoms with Crippen molar-refractivity contribution in [3.05, 3.63) is 24.1 Å². The molecule has 1 fully saturated rings. The van der Waals surface area contributed by atoms with Gasteiger partial charge in [-0.3, -0.25) is 4.79 Å². The number of hydrogen-bond acceptors (Lipinski definition) is 4. The van der Waals surface area contributed by atoms with E-state index in [4.69, 9.17) is 4.42 Å². The minimum atomic E-state index is 0.0699. The van der Waals surface area contributed by atoms with Crippen molar-refractivity contribution in [2.24, 2.45) is 5.92 Å². The number of carbonyl (C=O) groups is 1. The standard InChI is InChI=1S/C16H21N3O2/c1-2-16-19-13-9-12(4-5-14(13)21-16)18-15(20)6-3-11-7-8-17-10-11/h4-5,9,11,17H,2-3,6-8,10H2,1H3,(H,18,20). The molecule has 1 atom stereocenters. The number of fused-ring (bicyclic) bond motifs is 1. The predicted molar refractivity (Wildman–Crippen MR) is 82.2 cm³/mol. The second-order valence-corrected chi connectivity index (χ2v) is 5.59. The molecule has 1 aromatic heterocycles. The highest BCUT2D eigenvalue weighted by atomic mass is 16.3. The molecule has 21 heavy (non-hydrogen) atoms. The Morgan fingerprint density at radius 1 is 1.52 bits per heavy atom. The number of carbonyl (C=O) groups excluding carboxylic acids is 1. The van der Waals surface area contributed by atoms with Crippen molar-refractivity contribution in [1.82, 2.24) is 10.3 Å². The van der Waals surface area contributed by atoms with E-state index in [1.165, 1.54) is 6.42 Å². The number of benzene rings is 1. The average Bonchev–Trinajstić information content (AvgIpc) is 3.13. The summed E-state index contributed by atoms with van der Waals surface area (Å²) < 4.78 is 5.56. The van der Waals surface area contributed by atoms with Gasteiger partial charge in [-0.05, 0) is 50.0 Å². The Kier molecular flexibility index (Phi) is 4.20. The van der Waals surface area contributed by atoms with Crippen molar-refractivity contribution in [1.29, 1.82) is 0 Å². The van der Waals surface area contributed by atoms with Crippen LogP contribution in [0.3, 0.4) is 0 Å². The lowest BCUT2D eigenvalue weighted by Gasteiger charge is -2.08. The molecule has 0 radical (unpaired) electrons. The number of amides is 1. The van der Waals surface area contributed by atoms with E-state index in [1.807, 2.05) is 25.1 Å². The first-order valence-electron chi connectivity index (χ1n) is 7.64. The van der Waals surface area contributed by atoms with Gasteiger partial charge >= 0.3 is 0 Å². The van der Waals surface area contributed by atoms with Gasteiger partial charge in [0.25, 0.3) is 0 Å². The van der Waals surface area contributed by atoms with E-state index in [2.05, 4.69) is 15.6 Å². The molecule has 1 amide bonds. The fourth-order valence-electron chi connectivity index (χ4n) is 2.72. The van der Waals surface area contributed by atoms with E-state index in [0.717, 1.165) is 48.6 Å². The largest absolute Gasteiger partial charge is 0.441 e. The summed E-state index contributed by atoms with van der Waals surface area (Å²) >= 11 is 0. The fraction of sp³-hybridized carbons (Fsp3) is 0.500. The second kappa shape index (κ2) is 6.26. The lowest BCUT2D eigenvalue weighted by Crippen LogP contribution is -2.14. The predicted octanol–water partition coefficient (Wildman–Crippen LogP) is 2.72. The summed E-state index contributed by atoms with van der Waals surface area (Å²) in [6, 6.07) is 5.59. The lowest BCUT2D eigenvalue weighted by atomic mass is 10.0. The van der Waals surface area contributed by atoms with E-state index in [9.17, 15) is 4.79 Å². The molecule has 2 N–H and O–H groups in total. The van der Waals surface area contributed by atoms with Crippen LogP contribution in [0.1, 0.15) is 32.1 Å². The first-order valence-corrected chi connectivity index (χ1v) is 7.64. The minimum Gasteiger partial charge on any atom is -0.441 e. The number of nitrogens with one attached hydrogen (secondary N) is 2. The molecule has 0 aliphatic carbocycles. The van der Waals surface area contributed by atoms with Gasteiger partial charge in [-0.1, -0.05) is 6.92 Å². The van der Waals surface area contributed by atoms with Gasteiger partial charge in [-0.2, -0.15) is 0 Å². The van der Waals surface area contributed by atoms with Crippen molar-refractivity contribution >= 4 is 22.7 Å². The highest BCUT2D eigenvalue weighted by Crippen LogP contribution is 2.21. The summed E-state index contributed by atoms with van der Waals surface area (Å²) in [4.78, 5) is 16.4. The quantitative estimate of drug-likeness (QED) is 0.887. The zero-order chi connectivity index (χ0) is 14.7. The minimum absolute atomic E-state index is 0.0699. The van der Waals surface area contributed by atoms with Crippen LogP contribution >= 0.6 is 0 Å². The first kappa shape index (κ1) is 14.1. The van der Waals surface area contributed by atoms with Gasteiger partial charge in [0.2, 0.25) is 5.91 Å². The van der Waals surface area contributed by atoms with Crippen molar-refractivity contribution in [2.45, 2.75) is 32.6 Å². The number of aryl methyl sites for hydroxylation is 1. The molecule has 5 heteroatoms. The molecule has 0 saturated carbocycles. The molecule has 112 valence electrons. The number of aromatic nitrogens is 1. The molecule has 3 rings (SSSR count). The van der Waals surface area contributed by atoms with Gasteiger partial charge in [0.05, 0.1) is 0 Å². The van der Waals surface area contributed by atoms with Crippen LogP contribution in [0.5, 0.6) is 0 Å². The highest BCUT2D eigenvalue weighted by molar-refractivity contribution is 5.92. The topological polar surface area (TPSA) is 67.2 Å². The van der Waals surface area contributed by atoms with Crippen LogP contribution in [0.15, 0.2) is 22.6 Å². The number of rotatable bonds is 5. The molecular weight excluding hydrogens is 266 g/mol. The molecule has 1 aliphatic rings. The highest BCUT2D eigenvalue weighted by Gasteiger charge is 2.15. The monoisotopic (exact) mass is 287 g/mol. The van der Waals surface area contributed by atoms with Gasteiger partial charge in [-0.15, -0.1) is 0 Å². The molecule has 0 spiro atoms. The zero-order valence-corrected chi connectivity index (χ0v) is 12.3. The Hall–Kier alpha value is -1.88. The zero-order valence-electron chi connectivity index (χ0n) is 12.3. The summed E-state index contributed by atoms with van der Waals surface area (Å²) in [6.45, 7) is 4.12. The Morgan fingerprint density at radius 2 is 2.43 bits per heavy atom. The Labute approximate surface area is 124 Å².